The van der Waals surface area contributed by atoms with E-state index < -0.39 is 12.0 Å². The van der Waals surface area contributed by atoms with E-state index in [9.17, 15) is 9.59 Å². The summed E-state index contributed by atoms with van der Waals surface area (Å²) in [5.74, 6) is -0.616. The number of hydrogen-bond acceptors (Lipinski definition) is 4. The molecule has 1 heterocycles. The number of nitrogens with zero attached hydrogens (tertiary/aromatic N) is 1. The first-order valence-corrected chi connectivity index (χ1v) is 5.77. The van der Waals surface area contributed by atoms with Gasteiger partial charge in [0.05, 0.1) is 18.4 Å². The summed E-state index contributed by atoms with van der Waals surface area (Å²) in [6, 6.07) is -0.686. The number of carboxylic acid groups (broad SMARTS) is 1. The molecular weight excluding hydrogens is 218 g/mol. The number of carboxylic acids is 1. The van der Waals surface area contributed by atoms with E-state index in [-0.39, 0.29) is 17.7 Å². The van der Waals surface area contributed by atoms with Crippen LogP contribution < -0.4 is 0 Å². The quantitative estimate of drug-likeness (QED) is 0.761. The van der Waals surface area contributed by atoms with Crippen LogP contribution in [-0.2, 0) is 14.3 Å². The number of amides is 1. The molecule has 2 unspecified atom stereocenters. The molecule has 0 aliphatic carbocycles. The number of carbonyl (C=O) groups is 2. The van der Waals surface area contributed by atoms with E-state index in [4.69, 9.17) is 9.84 Å². The number of methoxy groups -OCH3 is 1. The molecule has 0 aromatic rings. The Bertz CT molecular complexity index is 258. The standard InChI is InChI=1S/C9H15NO4S/c1-6-10(8(11)3-4-14-2)7(5-15-6)9(12)13/h6-7H,3-5H2,1-2H3,(H,12,13). The van der Waals surface area contributed by atoms with Gasteiger partial charge in [-0.3, -0.25) is 4.79 Å². The van der Waals surface area contributed by atoms with Gasteiger partial charge in [-0.2, -0.15) is 0 Å². The van der Waals surface area contributed by atoms with Gasteiger partial charge in [0.2, 0.25) is 5.91 Å². The van der Waals surface area contributed by atoms with Crippen LogP contribution in [0.5, 0.6) is 0 Å². The molecule has 1 aliphatic rings. The first-order valence-electron chi connectivity index (χ1n) is 4.72. The van der Waals surface area contributed by atoms with Crippen molar-refractivity contribution in [3.8, 4) is 0 Å². The van der Waals surface area contributed by atoms with Gasteiger partial charge in [0.25, 0.3) is 0 Å². The predicted molar refractivity (Wildman–Crippen MR) is 56.7 cm³/mol. The molecule has 6 heteroatoms. The summed E-state index contributed by atoms with van der Waals surface area (Å²) < 4.78 is 4.80. The summed E-state index contributed by atoms with van der Waals surface area (Å²) in [5, 5.41) is 8.88. The lowest BCUT2D eigenvalue weighted by Crippen LogP contribution is -2.45. The Balaban J connectivity index is 2.63. The van der Waals surface area contributed by atoms with Crippen molar-refractivity contribution >= 4 is 23.6 Å². The van der Waals surface area contributed by atoms with Crippen LogP contribution in [0.1, 0.15) is 13.3 Å². The zero-order chi connectivity index (χ0) is 11.4. The summed E-state index contributed by atoms with van der Waals surface area (Å²) in [5.41, 5.74) is 0. The van der Waals surface area contributed by atoms with Gasteiger partial charge in [0.1, 0.15) is 6.04 Å². The Morgan fingerprint density at radius 1 is 1.60 bits per heavy atom. The molecule has 15 heavy (non-hydrogen) atoms. The second-order valence-electron chi connectivity index (χ2n) is 3.33. The molecule has 2 atom stereocenters. The number of rotatable bonds is 4. The lowest BCUT2D eigenvalue weighted by Gasteiger charge is -2.24. The second kappa shape index (κ2) is 5.37. The first kappa shape index (κ1) is 12.3. The monoisotopic (exact) mass is 233 g/mol. The topological polar surface area (TPSA) is 66.8 Å². The molecule has 0 aromatic heterocycles. The van der Waals surface area contributed by atoms with Gasteiger partial charge in [0, 0.05) is 12.9 Å². The zero-order valence-corrected chi connectivity index (χ0v) is 9.62. The lowest BCUT2D eigenvalue weighted by atomic mass is 10.2. The van der Waals surface area contributed by atoms with Crippen LogP contribution in [0.15, 0.2) is 0 Å². The zero-order valence-electron chi connectivity index (χ0n) is 8.80. The Morgan fingerprint density at radius 3 is 2.80 bits per heavy atom. The number of ether oxygens (including phenoxy) is 1. The molecule has 1 N–H and O–H groups in total. The van der Waals surface area contributed by atoms with Crippen LogP contribution in [0, 0.1) is 0 Å². The lowest BCUT2D eigenvalue weighted by molar-refractivity contribution is -0.149. The van der Waals surface area contributed by atoms with E-state index in [0.29, 0.717) is 12.4 Å². The third kappa shape index (κ3) is 2.85. The highest BCUT2D eigenvalue weighted by Crippen LogP contribution is 2.29. The van der Waals surface area contributed by atoms with Crippen molar-refractivity contribution in [2.45, 2.75) is 24.8 Å². The van der Waals surface area contributed by atoms with E-state index in [1.807, 2.05) is 6.92 Å². The summed E-state index contributed by atoms with van der Waals surface area (Å²) in [4.78, 5) is 24.0. The van der Waals surface area contributed by atoms with Gasteiger partial charge in [-0.25, -0.2) is 4.79 Å². The van der Waals surface area contributed by atoms with Crippen LogP contribution in [0.4, 0.5) is 0 Å². The molecule has 0 aromatic carbocycles. The molecule has 0 bridgehead atoms. The predicted octanol–water partition coefficient (Wildman–Crippen LogP) is 0.397. The van der Waals surface area contributed by atoms with E-state index in [0.717, 1.165) is 0 Å². The minimum absolute atomic E-state index is 0.0598. The van der Waals surface area contributed by atoms with Crippen LogP contribution >= 0.6 is 11.8 Å². The van der Waals surface area contributed by atoms with Gasteiger partial charge in [-0.15, -0.1) is 11.8 Å². The van der Waals surface area contributed by atoms with Crippen molar-refractivity contribution in [2.24, 2.45) is 0 Å². The summed E-state index contributed by atoms with van der Waals surface area (Å²) >= 11 is 1.49. The molecule has 0 radical (unpaired) electrons. The van der Waals surface area contributed by atoms with Gasteiger partial charge in [-0.05, 0) is 6.92 Å². The Labute approximate surface area is 92.8 Å². The number of carbonyl (C=O) groups excluding carboxylic acids is 1. The molecule has 0 spiro atoms. The minimum atomic E-state index is -0.933. The minimum Gasteiger partial charge on any atom is -0.480 e. The van der Waals surface area contributed by atoms with E-state index in [2.05, 4.69) is 0 Å². The molecule has 86 valence electrons. The first-order chi connectivity index (χ1) is 7.07. The van der Waals surface area contributed by atoms with Crippen molar-refractivity contribution in [2.75, 3.05) is 19.5 Å². The van der Waals surface area contributed by atoms with Gasteiger partial charge < -0.3 is 14.7 Å². The van der Waals surface area contributed by atoms with Crippen LogP contribution in [0.2, 0.25) is 0 Å². The largest absolute Gasteiger partial charge is 0.480 e. The Hall–Kier alpha value is -0.750. The molecule has 1 saturated heterocycles. The van der Waals surface area contributed by atoms with Gasteiger partial charge in [-0.1, -0.05) is 0 Å². The maximum absolute atomic E-state index is 11.7. The van der Waals surface area contributed by atoms with Crippen molar-refractivity contribution in [1.82, 2.24) is 4.90 Å². The third-order valence-corrected chi connectivity index (χ3v) is 3.53. The molecule has 0 saturated carbocycles. The van der Waals surface area contributed by atoms with Crippen LogP contribution in [0.25, 0.3) is 0 Å². The number of hydrogen-bond donors (Lipinski definition) is 1. The van der Waals surface area contributed by atoms with Crippen molar-refractivity contribution in [3.63, 3.8) is 0 Å². The molecular formula is C9H15NO4S. The van der Waals surface area contributed by atoms with Crippen LogP contribution in [0.3, 0.4) is 0 Å². The summed E-state index contributed by atoms with van der Waals surface area (Å²) in [7, 11) is 1.52. The maximum Gasteiger partial charge on any atom is 0.327 e. The van der Waals surface area contributed by atoms with Crippen molar-refractivity contribution in [3.05, 3.63) is 0 Å². The Kier molecular flexibility index (Phi) is 4.41. The molecule has 5 nitrogen and oxygen atoms in total. The van der Waals surface area contributed by atoms with Gasteiger partial charge >= 0.3 is 5.97 Å². The molecule has 1 aliphatic heterocycles. The number of aliphatic carboxylic acids is 1. The molecule has 1 fully saturated rings. The van der Waals surface area contributed by atoms with E-state index >= 15 is 0 Å². The smallest absolute Gasteiger partial charge is 0.327 e. The average molecular weight is 233 g/mol. The summed E-state index contributed by atoms with van der Waals surface area (Å²) in [6.07, 6.45) is 0.241. The van der Waals surface area contributed by atoms with Crippen LogP contribution in [-0.4, -0.2) is 52.8 Å². The average Bonchev–Trinajstić information content (AvgIpc) is 2.56. The third-order valence-electron chi connectivity index (χ3n) is 2.32. The van der Waals surface area contributed by atoms with E-state index in [1.165, 1.54) is 23.8 Å². The second-order valence-corrected chi connectivity index (χ2v) is 4.68. The Morgan fingerprint density at radius 2 is 2.27 bits per heavy atom. The van der Waals surface area contributed by atoms with Crippen molar-refractivity contribution in [1.29, 1.82) is 0 Å². The molecule has 1 amide bonds. The maximum atomic E-state index is 11.7. The van der Waals surface area contributed by atoms with E-state index in [1.54, 1.807) is 0 Å². The highest BCUT2D eigenvalue weighted by atomic mass is 32.2. The molecule has 1 rings (SSSR count). The van der Waals surface area contributed by atoms with Gasteiger partial charge in [0.15, 0.2) is 0 Å². The van der Waals surface area contributed by atoms with Crippen molar-refractivity contribution < 1.29 is 19.4 Å². The fraction of sp³-hybridized carbons (Fsp3) is 0.778. The highest BCUT2D eigenvalue weighted by Gasteiger charge is 2.38. The fourth-order valence-corrected chi connectivity index (χ4v) is 2.72. The SMILES string of the molecule is COCCC(=O)N1C(C)SCC1C(=O)O. The normalized spacial score (nSPS) is 25.6. The summed E-state index contributed by atoms with van der Waals surface area (Å²) in [6.45, 7) is 2.18. The highest BCUT2D eigenvalue weighted by molar-refractivity contribution is 8.00. The number of thioether (sulfide) groups is 1. The fourth-order valence-electron chi connectivity index (χ4n) is 1.53.